The number of unbranched alkanes of at least 4 members (excludes halogenated alkanes) is 3. The van der Waals surface area contributed by atoms with Gasteiger partial charge in [0.25, 0.3) is 0 Å². The van der Waals surface area contributed by atoms with Crippen molar-refractivity contribution >= 4 is 18.0 Å². The Morgan fingerprint density at radius 3 is 2.15 bits per heavy atom. The minimum absolute atomic E-state index is 0.0242. The van der Waals surface area contributed by atoms with Crippen LogP contribution in [0.25, 0.3) is 11.1 Å². The summed E-state index contributed by atoms with van der Waals surface area (Å²) in [5, 5.41) is 14.4. The number of carboxylic acid groups (broad SMARTS) is 1. The van der Waals surface area contributed by atoms with Crippen LogP contribution in [0.5, 0.6) is 0 Å². The molecule has 4 rings (SSSR count). The first-order valence-electron chi connectivity index (χ1n) is 12.1. The molecule has 2 aliphatic rings. The zero-order valence-electron chi connectivity index (χ0n) is 19.3. The number of rotatable bonds is 11. The fourth-order valence-electron chi connectivity index (χ4n) is 4.87. The van der Waals surface area contributed by atoms with Gasteiger partial charge in [0.05, 0.1) is 0 Å². The molecule has 180 valence electrons. The van der Waals surface area contributed by atoms with Crippen LogP contribution in [0.2, 0.25) is 0 Å². The van der Waals surface area contributed by atoms with Crippen molar-refractivity contribution in [1.82, 2.24) is 10.6 Å². The highest BCUT2D eigenvalue weighted by molar-refractivity contribution is 5.80. The van der Waals surface area contributed by atoms with Crippen LogP contribution in [0, 0.1) is 5.92 Å². The van der Waals surface area contributed by atoms with E-state index in [-0.39, 0.29) is 36.8 Å². The summed E-state index contributed by atoms with van der Waals surface area (Å²) >= 11 is 0. The molecule has 0 radical (unpaired) electrons. The molecular weight excluding hydrogens is 432 g/mol. The molecule has 1 saturated carbocycles. The Labute approximate surface area is 199 Å². The first kappa shape index (κ1) is 23.8. The third kappa shape index (κ3) is 5.76. The van der Waals surface area contributed by atoms with Gasteiger partial charge in [0.2, 0.25) is 5.91 Å². The van der Waals surface area contributed by atoms with E-state index in [0.717, 1.165) is 19.3 Å². The molecule has 0 spiro atoms. The average molecular weight is 465 g/mol. The molecule has 7 nitrogen and oxygen atoms in total. The lowest BCUT2D eigenvalue weighted by atomic mass is 9.79. The van der Waals surface area contributed by atoms with E-state index in [9.17, 15) is 14.4 Å². The van der Waals surface area contributed by atoms with Gasteiger partial charge in [0, 0.05) is 30.8 Å². The summed E-state index contributed by atoms with van der Waals surface area (Å²) in [5.74, 6) is -0.788. The number of alkyl carbamates (subject to hydrolysis) is 1. The van der Waals surface area contributed by atoms with E-state index in [2.05, 4.69) is 34.9 Å². The van der Waals surface area contributed by atoms with E-state index in [1.807, 2.05) is 24.3 Å². The highest BCUT2D eigenvalue weighted by Crippen LogP contribution is 2.44. The standard InChI is InChI=1S/C27H32N2O5/c30-25(31)13-3-1-2-8-14-28-26(32)18-15-19(16-18)29-27(33)34-17-24-22-11-6-4-9-20(22)21-10-5-7-12-23(21)24/h4-7,9-12,18-19,24H,1-3,8,13-17H2,(H,28,32)(H,29,33)(H,30,31). The molecule has 7 heteroatoms. The first-order valence-corrected chi connectivity index (χ1v) is 12.1. The molecule has 0 aromatic heterocycles. The van der Waals surface area contributed by atoms with Gasteiger partial charge in [0.15, 0.2) is 0 Å². The van der Waals surface area contributed by atoms with Gasteiger partial charge in [-0.1, -0.05) is 61.4 Å². The second-order valence-corrected chi connectivity index (χ2v) is 9.18. The van der Waals surface area contributed by atoms with Gasteiger partial charge in [-0.3, -0.25) is 9.59 Å². The fourth-order valence-corrected chi connectivity index (χ4v) is 4.87. The Morgan fingerprint density at radius 2 is 1.50 bits per heavy atom. The summed E-state index contributed by atoms with van der Waals surface area (Å²) in [5.41, 5.74) is 4.75. The van der Waals surface area contributed by atoms with Gasteiger partial charge >= 0.3 is 12.1 Å². The number of aliphatic carboxylic acids is 1. The predicted molar refractivity (Wildman–Crippen MR) is 128 cm³/mol. The smallest absolute Gasteiger partial charge is 0.407 e. The Morgan fingerprint density at radius 1 is 0.882 bits per heavy atom. The van der Waals surface area contributed by atoms with Crippen LogP contribution in [-0.2, 0) is 14.3 Å². The molecule has 0 unspecified atom stereocenters. The largest absolute Gasteiger partial charge is 0.481 e. The number of amides is 2. The Kier molecular flexibility index (Phi) is 7.83. The zero-order valence-corrected chi connectivity index (χ0v) is 19.3. The SMILES string of the molecule is O=C(O)CCCCCCNC(=O)C1CC(NC(=O)OCC2c3ccccc3-c3ccccc32)C1. The molecule has 0 saturated heterocycles. The maximum absolute atomic E-state index is 12.4. The molecule has 0 heterocycles. The molecule has 0 atom stereocenters. The van der Waals surface area contributed by atoms with Gasteiger partial charge in [-0.05, 0) is 47.9 Å². The number of hydrogen-bond acceptors (Lipinski definition) is 4. The van der Waals surface area contributed by atoms with E-state index in [1.165, 1.54) is 22.3 Å². The van der Waals surface area contributed by atoms with Crippen LogP contribution in [0.1, 0.15) is 62.0 Å². The topological polar surface area (TPSA) is 105 Å². The van der Waals surface area contributed by atoms with Crippen molar-refractivity contribution in [3.05, 3.63) is 59.7 Å². The van der Waals surface area contributed by atoms with E-state index < -0.39 is 12.1 Å². The molecule has 1 fully saturated rings. The highest BCUT2D eigenvalue weighted by atomic mass is 16.5. The average Bonchev–Trinajstić information content (AvgIpc) is 3.12. The van der Waals surface area contributed by atoms with Gasteiger partial charge in [-0.25, -0.2) is 4.79 Å². The summed E-state index contributed by atoms with van der Waals surface area (Å²) in [4.78, 5) is 35.1. The molecule has 2 amide bonds. The molecule has 2 aromatic rings. The van der Waals surface area contributed by atoms with E-state index >= 15 is 0 Å². The van der Waals surface area contributed by atoms with Crippen LogP contribution in [0.4, 0.5) is 4.79 Å². The molecular formula is C27H32N2O5. The maximum atomic E-state index is 12.4. The summed E-state index contributed by atoms with van der Waals surface area (Å²) in [6.45, 7) is 0.885. The van der Waals surface area contributed by atoms with E-state index in [0.29, 0.717) is 25.8 Å². The monoisotopic (exact) mass is 464 g/mol. The van der Waals surface area contributed by atoms with Crippen LogP contribution in [0.15, 0.2) is 48.5 Å². The molecule has 2 aromatic carbocycles. The summed E-state index contributed by atoms with van der Waals surface area (Å²) in [7, 11) is 0. The van der Waals surface area contributed by atoms with Crippen molar-refractivity contribution in [2.24, 2.45) is 5.92 Å². The van der Waals surface area contributed by atoms with E-state index in [4.69, 9.17) is 9.84 Å². The number of carbonyl (C=O) groups is 3. The van der Waals surface area contributed by atoms with Crippen LogP contribution < -0.4 is 10.6 Å². The van der Waals surface area contributed by atoms with Crippen LogP contribution in [-0.4, -0.2) is 42.3 Å². The molecule has 3 N–H and O–H groups in total. The number of benzene rings is 2. The van der Waals surface area contributed by atoms with Crippen molar-refractivity contribution in [2.75, 3.05) is 13.2 Å². The van der Waals surface area contributed by atoms with Gasteiger partial charge in [-0.15, -0.1) is 0 Å². The number of hydrogen-bond donors (Lipinski definition) is 3. The zero-order chi connectivity index (χ0) is 23.9. The van der Waals surface area contributed by atoms with Crippen molar-refractivity contribution < 1.29 is 24.2 Å². The lowest BCUT2D eigenvalue weighted by molar-refractivity contribution is -0.137. The van der Waals surface area contributed by atoms with Crippen LogP contribution in [0.3, 0.4) is 0 Å². The maximum Gasteiger partial charge on any atom is 0.407 e. The Hall–Kier alpha value is -3.35. The molecule has 0 bridgehead atoms. The lowest BCUT2D eigenvalue weighted by Crippen LogP contribution is -2.49. The fraction of sp³-hybridized carbons (Fsp3) is 0.444. The minimum atomic E-state index is -0.764. The predicted octanol–water partition coefficient (Wildman–Crippen LogP) is 4.46. The van der Waals surface area contributed by atoms with Gasteiger partial charge in [-0.2, -0.15) is 0 Å². The van der Waals surface area contributed by atoms with Crippen molar-refractivity contribution in [1.29, 1.82) is 0 Å². The first-order chi connectivity index (χ1) is 16.5. The van der Waals surface area contributed by atoms with Crippen LogP contribution >= 0.6 is 0 Å². The molecule has 0 aliphatic heterocycles. The normalized spacial score (nSPS) is 18.4. The summed E-state index contributed by atoms with van der Waals surface area (Å²) in [6, 6.07) is 16.4. The van der Waals surface area contributed by atoms with Crippen molar-refractivity contribution in [3.8, 4) is 11.1 Å². The van der Waals surface area contributed by atoms with Crippen molar-refractivity contribution in [3.63, 3.8) is 0 Å². The number of ether oxygens (including phenoxy) is 1. The third-order valence-corrected chi connectivity index (χ3v) is 6.79. The summed E-state index contributed by atoms with van der Waals surface area (Å²) < 4.78 is 5.58. The number of fused-ring (bicyclic) bond motifs is 3. The van der Waals surface area contributed by atoms with Gasteiger partial charge in [0.1, 0.15) is 6.61 Å². The lowest BCUT2D eigenvalue weighted by Gasteiger charge is -2.34. The molecule has 34 heavy (non-hydrogen) atoms. The summed E-state index contributed by atoms with van der Waals surface area (Å²) in [6.07, 6.45) is 4.29. The number of nitrogens with one attached hydrogen (secondary N) is 2. The number of carbonyl (C=O) groups excluding carboxylic acids is 2. The van der Waals surface area contributed by atoms with E-state index in [1.54, 1.807) is 0 Å². The third-order valence-electron chi connectivity index (χ3n) is 6.79. The highest BCUT2D eigenvalue weighted by Gasteiger charge is 2.36. The second-order valence-electron chi connectivity index (χ2n) is 9.18. The van der Waals surface area contributed by atoms with Gasteiger partial charge < -0.3 is 20.5 Å². The van der Waals surface area contributed by atoms with Crippen molar-refractivity contribution in [2.45, 2.75) is 56.9 Å². The molecule has 2 aliphatic carbocycles. The Balaban J connectivity index is 1.13. The quantitative estimate of drug-likeness (QED) is 0.426. The Bertz CT molecular complexity index is 986. The second kappa shape index (κ2) is 11.2. The minimum Gasteiger partial charge on any atom is -0.481 e. The number of carboxylic acids is 1.